The minimum absolute atomic E-state index is 0. The first-order chi connectivity index (χ1) is 1.41. The highest BCUT2D eigenvalue weighted by atomic mass is 32.1. The van der Waals surface area contributed by atoms with Gasteiger partial charge in [0.15, 0.2) is 0 Å². The van der Waals surface area contributed by atoms with E-state index < -0.39 is 0 Å². The molecule has 0 spiro atoms. The lowest BCUT2D eigenvalue weighted by atomic mass is 11.8. The standard InChI is InChI=1S/CHNS.H3N.S/c2-1-3;;/h3H;1H3;. The predicted molar refractivity (Wildman–Crippen MR) is 27.2 cm³/mol. The molecule has 0 aromatic heterocycles. The van der Waals surface area contributed by atoms with Crippen LogP contribution in [0, 0.1) is 10.7 Å². The molecule has 0 atom stereocenters. The summed E-state index contributed by atoms with van der Waals surface area (Å²) in [6.07, 6.45) is 0. The van der Waals surface area contributed by atoms with E-state index in [4.69, 9.17) is 5.26 Å². The third-order valence-corrected chi connectivity index (χ3v) is 0. The predicted octanol–water partition coefficient (Wildman–Crippen LogP) is 1.21. The van der Waals surface area contributed by atoms with Crippen LogP contribution in [-0.4, -0.2) is 0 Å². The third-order valence-electron chi connectivity index (χ3n) is 0. The molecular formula is CH4N2S2. The van der Waals surface area contributed by atoms with Crippen molar-refractivity contribution in [2.45, 2.75) is 0 Å². The van der Waals surface area contributed by atoms with Gasteiger partial charge < -0.3 is 6.15 Å². The zero-order valence-electron chi connectivity index (χ0n) is 2.51. The van der Waals surface area contributed by atoms with Gasteiger partial charge in [-0.2, -0.15) is 5.26 Å². The molecule has 2 radical (unpaired) electrons. The summed E-state index contributed by atoms with van der Waals surface area (Å²) in [5, 5.41) is 8.63. The van der Waals surface area contributed by atoms with Crippen LogP contribution in [0.25, 0.3) is 0 Å². The molecule has 0 saturated carbocycles. The van der Waals surface area contributed by atoms with Crippen molar-refractivity contribution >= 4 is 26.1 Å². The van der Waals surface area contributed by atoms with Gasteiger partial charge in [-0.15, -0.1) is 0 Å². The SMILES string of the molecule is N.N#CS.[S]. The second-order valence-electron chi connectivity index (χ2n) is 0.100. The highest BCUT2D eigenvalue weighted by Crippen LogP contribution is 1.46. The zero-order chi connectivity index (χ0) is 2.71. The van der Waals surface area contributed by atoms with E-state index in [0.717, 1.165) is 0 Å². The van der Waals surface area contributed by atoms with Crippen LogP contribution in [0.2, 0.25) is 0 Å². The summed E-state index contributed by atoms with van der Waals surface area (Å²) in [5.74, 6) is 0. The lowest BCUT2D eigenvalue weighted by Crippen LogP contribution is -0.961. The fourth-order valence-electron chi connectivity index (χ4n) is 0. The van der Waals surface area contributed by atoms with E-state index in [9.17, 15) is 0 Å². The number of hydrogen-bond donors (Lipinski definition) is 2. The van der Waals surface area contributed by atoms with Crippen molar-refractivity contribution in [2.24, 2.45) is 0 Å². The molecule has 0 aromatic rings. The lowest BCUT2D eigenvalue weighted by molar-refractivity contribution is 1.57. The molecule has 2 nitrogen and oxygen atoms in total. The van der Waals surface area contributed by atoms with E-state index in [1.807, 2.05) is 0 Å². The number of thiocyanates is 1. The van der Waals surface area contributed by atoms with Gasteiger partial charge in [-0.1, -0.05) is 12.6 Å². The highest BCUT2D eigenvalue weighted by Gasteiger charge is 1.18. The summed E-state index contributed by atoms with van der Waals surface area (Å²) in [5.41, 5.74) is 0. The second-order valence-corrected chi connectivity index (χ2v) is 0.300. The molecule has 0 aliphatic carbocycles. The fourth-order valence-corrected chi connectivity index (χ4v) is 0. The van der Waals surface area contributed by atoms with Gasteiger partial charge in [-0.05, 0) is 0 Å². The Balaban J connectivity index is -0.0000000200. The number of rotatable bonds is 0. The van der Waals surface area contributed by atoms with Crippen LogP contribution in [-0.2, 0) is 0 Å². The largest absolute Gasteiger partial charge is 0.344 e. The van der Waals surface area contributed by atoms with Crippen molar-refractivity contribution in [2.75, 3.05) is 0 Å². The van der Waals surface area contributed by atoms with Crippen molar-refractivity contribution in [1.29, 1.82) is 5.26 Å². The zero-order valence-corrected chi connectivity index (χ0v) is 4.22. The summed E-state index contributed by atoms with van der Waals surface area (Å²) in [6.45, 7) is 0. The Morgan fingerprint density at radius 3 is 1.60 bits per heavy atom. The molecule has 0 aromatic carbocycles. The molecule has 30 valence electrons. The van der Waals surface area contributed by atoms with E-state index >= 15 is 0 Å². The van der Waals surface area contributed by atoms with Gasteiger partial charge in [0, 0.05) is 13.5 Å². The first-order valence-electron chi connectivity index (χ1n) is 0.447. The van der Waals surface area contributed by atoms with Crippen LogP contribution in [0.15, 0.2) is 0 Å². The summed E-state index contributed by atoms with van der Waals surface area (Å²) >= 11 is 3.09. The minimum atomic E-state index is 0. The van der Waals surface area contributed by atoms with Gasteiger partial charge >= 0.3 is 0 Å². The van der Waals surface area contributed by atoms with Crippen LogP contribution < -0.4 is 6.15 Å². The monoisotopic (exact) mass is 108 g/mol. The molecule has 0 rings (SSSR count). The molecule has 0 aliphatic rings. The number of nitriles is 1. The van der Waals surface area contributed by atoms with Gasteiger partial charge in [-0.3, -0.25) is 0 Å². The first-order valence-corrected chi connectivity index (χ1v) is 0.894. The quantitative estimate of drug-likeness (QED) is 0.362. The molecule has 0 amide bonds. The van der Waals surface area contributed by atoms with Crippen LogP contribution in [0.5, 0.6) is 0 Å². The molecule has 0 aliphatic heterocycles. The Morgan fingerprint density at radius 2 is 1.60 bits per heavy atom. The van der Waals surface area contributed by atoms with E-state index in [-0.39, 0.29) is 19.6 Å². The maximum atomic E-state index is 7.18. The van der Waals surface area contributed by atoms with Gasteiger partial charge in [-0.25, -0.2) is 0 Å². The van der Waals surface area contributed by atoms with E-state index in [1.54, 1.807) is 0 Å². The molecule has 0 saturated heterocycles. The van der Waals surface area contributed by atoms with E-state index in [2.05, 4.69) is 12.6 Å². The van der Waals surface area contributed by atoms with Crippen LogP contribution in [0.4, 0.5) is 0 Å². The van der Waals surface area contributed by atoms with Gasteiger partial charge in [0.25, 0.3) is 0 Å². The number of hydrogen-bond acceptors (Lipinski definition) is 3. The van der Waals surface area contributed by atoms with Gasteiger partial charge in [0.1, 0.15) is 5.40 Å². The van der Waals surface area contributed by atoms with Crippen molar-refractivity contribution < 1.29 is 0 Å². The molecule has 0 unspecified atom stereocenters. The lowest BCUT2D eigenvalue weighted by Gasteiger charge is -1.14. The normalized spacial score (nSPS) is 1.60. The Morgan fingerprint density at radius 1 is 1.60 bits per heavy atom. The maximum absolute atomic E-state index is 7.18. The average Bonchev–Trinajstić information content (AvgIpc) is 0.918. The first kappa shape index (κ1) is 19.2. The average molecular weight is 108 g/mol. The van der Waals surface area contributed by atoms with Crippen LogP contribution >= 0.6 is 26.1 Å². The maximum Gasteiger partial charge on any atom is 0.130 e. The Hall–Kier alpha value is 0.150. The topological polar surface area (TPSA) is 58.8 Å². The second kappa shape index (κ2) is 31.1. The van der Waals surface area contributed by atoms with E-state index in [1.165, 1.54) is 5.40 Å². The molecule has 0 heterocycles. The third kappa shape index (κ3) is 853. The van der Waals surface area contributed by atoms with Crippen molar-refractivity contribution in [3.63, 3.8) is 0 Å². The molecule has 5 heavy (non-hydrogen) atoms. The molecule has 0 bridgehead atoms. The summed E-state index contributed by atoms with van der Waals surface area (Å²) in [7, 11) is 0. The van der Waals surface area contributed by atoms with Crippen molar-refractivity contribution in [1.82, 2.24) is 6.15 Å². The number of thiol groups is 1. The van der Waals surface area contributed by atoms with E-state index in [0.29, 0.717) is 0 Å². The molecule has 3 N–H and O–H groups in total. The summed E-state index contributed by atoms with van der Waals surface area (Å²) in [4.78, 5) is 0. The van der Waals surface area contributed by atoms with Crippen molar-refractivity contribution in [3.8, 4) is 5.40 Å². The molecule has 0 fully saturated rings. The summed E-state index contributed by atoms with van der Waals surface area (Å²) in [6, 6.07) is 0. The smallest absolute Gasteiger partial charge is 0.130 e. The van der Waals surface area contributed by atoms with Gasteiger partial charge in [0.2, 0.25) is 0 Å². The van der Waals surface area contributed by atoms with Crippen LogP contribution in [0.3, 0.4) is 0 Å². The Labute approximate surface area is 43.6 Å². The molecule has 4 heteroatoms. The van der Waals surface area contributed by atoms with Crippen LogP contribution in [0.1, 0.15) is 0 Å². The fraction of sp³-hybridized carbons (Fsp3) is 0. The summed E-state index contributed by atoms with van der Waals surface area (Å²) < 4.78 is 0. The Bertz CT molecular complexity index is 29.1. The van der Waals surface area contributed by atoms with Crippen molar-refractivity contribution in [3.05, 3.63) is 0 Å². The molecular weight excluding hydrogens is 104 g/mol. The highest BCUT2D eigenvalue weighted by molar-refractivity contribution is 7.85. The number of nitrogens with zero attached hydrogens (tertiary/aromatic N) is 1. The minimum Gasteiger partial charge on any atom is -0.344 e. The Kier molecular flexibility index (Phi) is 119. The van der Waals surface area contributed by atoms with Gasteiger partial charge in [0.05, 0.1) is 0 Å².